The number of hydrogen-bond donors (Lipinski definition) is 0. The molecule has 1 saturated heterocycles. The van der Waals surface area contributed by atoms with E-state index in [2.05, 4.69) is 4.90 Å². The summed E-state index contributed by atoms with van der Waals surface area (Å²) in [5.41, 5.74) is 0. The Hall–Kier alpha value is -1.62. The van der Waals surface area contributed by atoms with E-state index in [1.54, 1.807) is 12.1 Å². The number of ketones is 1. The van der Waals surface area contributed by atoms with Crippen LogP contribution in [0.5, 0.6) is 0 Å². The van der Waals surface area contributed by atoms with Crippen LogP contribution in [0, 0.1) is 5.92 Å². The highest BCUT2D eigenvalue weighted by Gasteiger charge is 2.24. The molecule has 0 aromatic carbocycles. The van der Waals surface area contributed by atoms with Gasteiger partial charge in [0.25, 0.3) is 0 Å². The van der Waals surface area contributed by atoms with Crippen molar-refractivity contribution in [2.24, 2.45) is 5.92 Å². The molecule has 0 N–H and O–H groups in total. The lowest BCUT2D eigenvalue weighted by atomic mass is 9.86. The second kappa shape index (κ2) is 8.47. The maximum atomic E-state index is 12.4. The molecule has 1 aliphatic carbocycles. The largest absolute Gasteiger partial charge is 0.461 e. The van der Waals surface area contributed by atoms with E-state index in [1.807, 2.05) is 4.90 Å². The summed E-state index contributed by atoms with van der Waals surface area (Å²) in [5.74, 6) is 1.48. The van der Waals surface area contributed by atoms with Crippen LogP contribution in [0.1, 0.15) is 55.5 Å². The molecule has 0 spiro atoms. The summed E-state index contributed by atoms with van der Waals surface area (Å²) < 4.78 is 5.14. The van der Waals surface area contributed by atoms with Crippen molar-refractivity contribution >= 4 is 11.7 Å². The minimum Gasteiger partial charge on any atom is -0.461 e. The van der Waals surface area contributed by atoms with Gasteiger partial charge >= 0.3 is 0 Å². The van der Waals surface area contributed by atoms with Gasteiger partial charge < -0.3 is 9.32 Å². The first-order valence-electron chi connectivity index (χ1n) is 9.29. The van der Waals surface area contributed by atoms with Crippen LogP contribution in [0.3, 0.4) is 0 Å². The molecule has 2 aliphatic rings. The maximum absolute atomic E-state index is 12.4. The maximum Gasteiger partial charge on any atom is 0.222 e. The summed E-state index contributed by atoms with van der Waals surface area (Å²) in [5, 5.41) is 0. The fourth-order valence-electron chi connectivity index (χ4n) is 3.84. The lowest BCUT2D eigenvalue weighted by molar-refractivity contribution is -0.133. The zero-order valence-corrected chi connectivity index (χ0v) is 14.4. The summed E-state index contributed by atoms with van der Waals surface area (Å²) in [4.78, 5) is 28.5. The molecule has 5 heteroatoms. The summed E-state index contributed by atoms with van der Waals surface area (Å²) >= 11 is 0. The number of piperazine rings is 1. The second-order valence-corrected chi connectivity index (χ2v) is 7.10. The van der Waals surface area contributed by atoms with Crippen molar-refractivity contribution in [3.05, 3.63) is 24.2 Å². The Morgan fingerprint density at radius 1 is 1.08 bits per heavy atom. The fourth-order valence-corrected chi connectivity index (χ4v) is 3.84. The monoisotopic (exact) mass is 332 g/mol. The van der Waals surface area contributed by atoms with Gasteiger partial charge in [-0.15, -0.1) is 0 Å². The first-order chi connectivity index (χ1) is 11.7. The van der Waals surface area contributed by atoms with E-state index in [0.717, 1.165) is 38.5 Å². The Morgan fingerprint density at radius 3 is 2.50 bits per heavy atom. The molecule has 0 unspecified atom stereocenters. The standard InChI is InChI=1S/C19H28N2O3/c22-17(18-7-4-14-24-18)15-20-10-12-21(13-11-20)19(23)9-8-16-5-2-1-3-6-16/h4,7,14,16H,1-3,5-6,8-13,15H2. The van der Waals surface area contributed by atoms with Crippen molar-refractivity contribution in [3.8, 4) is 0 Å². The molecule has 1 aromatic heterocycles. The normalized spacial score (nSPS) is 20.2. The molecule has 1 saturated carbocycles. The highest BCUT2D eigenvalue weighted by Crippen LogP contribution is 2.27. The highest BCUT2D eigenvalue weighted by atomic mass is 16.3. The Bertz CT molecular complexity index is 527. The van der Waals surface area contributed by atoms with Gasteiger partial charge in [0.2, 0.25) is 11.7 Å². The molecule has 3 rings (SSSR count). The molecule has 0 bridgehead atoms. The SMILES string of the molecule is O=C(CN1CCN(C(=O)CCC2CCCCC2)CC1)c1ccco1. The Morgan fingerprint density at radius 2 is 1.83 bits per heavy atom. The van der Waals surface area contributed by atoms with Crippen LogP contribution in [-0.4, -0.2) is 54.2 Å². The van der Waals surface area contributed by atoms with Crippen LogP contribution in [-0.2, 0) is 4.79 Å². The minimum absolute atomic E-state index is 0.0112. The summed E-state index contributed by atoms with van der Waals surface area (Å²) in [6.45, 7) is 3.37. The molecular formula is C19H28N2O3. The number of rotatable bonds is 6. The first-order valence-corrected chi connectivity index (χ1v) is 9.29. The molecule has 24 heavy (non-hydrogen) atoms. The van der Waals surface area contributed by atoms with Gasteiger partial charge in [0.15, 0.2) is 5.76 Å². The van der Waals surface area contributed by atoms with E-state index in [4.69, 9.17) is 4.42 Å². The molecular weight excluding hydrogens is 304 g/mol. The van der Waals surface area contributed by atoms with Crippen molar-refractivity contribution in [1.82, 2.24) is 9.80 Å². The molecule has 0 radical (unpaired) electrons. The summed E-state index contributed by atoms with van der Waals surface area (Å²) in [6, 6.07) is 3.43. The number of carbonyl (C=O) groups excluding carboxylic acids is 2. The van der Waals surface area contributed by atoms with Crippen molar-refractivity contribution < 1.29 is 14.0 Å². The van der Waals surface area contributed by atoms with Gasteiger partial charge in [-0.2, -0.15) is 0 Å². The van der Waals surface area contributed by atoms with E-state index in [9.17, 15) is 9.59 Å². The average molecular weight is 332 g/mol. The summed E-state index contributed by atoms with van der Waals surface area (Å²) in [6.07, 6.45) is 9.90. The molecule has 1 aliphatic heterocycles. The Labute approximate surface area is 144 Å². The zero-order chi connectivity index (χ0) is 16.8. The summed E-state index contributed by atoms with van der Waals surface area (Å²) in [7, 11) is 0. The Balaban J connectivity index is 1.36. The molecule has 1 amide bonds. The zero-order valence-electron chi connectivity index (χ0n) is 14.4. The van der Waals surface area contributed by atoms with Gasteiger partial charge in [0.1, 0.15) is 0 Å². The predicted molar refractivity (Wildman–Crippen MR) is 91.9 cm³/mol. The molecule has 5 nitrogen and oxygen atoms in total. The lowest BCUT2D eigenvalue weighted by Gasteiger charge is -2.34. The number of carbonyl (C=O) groups is 2. The first kappa shape index (κ1) is 17.2. The second-order valence-electron chi connectivity index (χ2n) is 7.10. The van der Waals surface area contributed by atoms with Gasteiger partial charge in [-0.1, -0.05) is 32.1 Å². The highest BCUT2D eigenvalue weighted by molar-refractivity contribution is 5.95. The third kappa shape index (κ3) is 4.69. The number of Topliss-reactive ketones (excluding diaryl/α,β-unsaturated/α-hetero) is 1. The third-order valence-corrected chi connectivity index (χ3v) is 5.38. The quantitative estimate of drug-likeness (QED) is 0.752. The van der Waals surface area contributed by atoms with Gasteiger partial charge in [-0.05, 0) is 24.5 Å². The van der Waals surface area contributed by atoms with E-state index in [1.165, 1.54) is 38.4 Å². The molecule has 2 fully saturated rings. The number of nitrogens with zero attached hydrogens (tertiary/aromatic N) is 2. The van der Waals surface area contributed by atoms with Crippen LogP contribution in [0.15, 0.2) is 22.8 Å². The van der Waals surface area contributed by atoms with Crippen LogP contribution in [0.25, 0.3) is 0 Å². The van der Waals surface area contributed by atoms with Crippen LogP contribution in [0.4, 0.5) is 0 Å². The van der Waals surface area contributed by atoms with Crippen LogP contribution >= 0.6 is 0 Å². The molecule has 1 aromatic rings. The van der Waals surface area contributed by atoms with Gasteiger partial charge in [-0.3, -0.25) is 14.5 Å². The average Bonchev–Trinajstić information content (AvgIpc) is 3.16. The molecule has 2 heterocycles. The van der Waals surface area contributed by atoms with E-state index in [0.29, 0.717) is 18.7 Å². The minimum atomic E-state index is 0.0112. The third-order valence-electron chi connectivity index (χ3n) is 5.38. The van der Waals surface area contributed by atoms with Gasteiger partial charge in [0.05, 0.1) is 12.8 Å². The van der Waals surface area contributed by atoms with E-state index < -0.39 is 0 Å². The number of hydrogen-bond acceptors (Lipinski definition) is 4. The van der Waals surface area contributed by atoms with Crippen molar-refractivity contribution in [1.29, 1.82) is 0 Å². The van der Waals surface area contributed by atoms with E-state index in [-0.39, 0.29) is 11.7 Å². The molecule has 0 atom stereocenters. The Kier molecular flexibility index (Phi) is 6.07. The predicted octanol–water partition coefficient (Wildman–Crippen LogP) is 2.97. The van der Waals surface area contributed by atoms with Crippen molar-refractivity contribution in [3.63, 3.8) is 0 Å². The van der Waals surface area contributed by atoms with Gasteiger partial charge in [0, 0.05) is 32.6 Å². The van der Waals surface area contributed by atoms with Gasteiger partial charge in [-0.25, -0.2) is 0 Å². The van der Waals surface area contributed by atoms with Crippen molar-refractivity contribution in [2.45, 2.75) is 44.9 Å². The van der Waals surface area contributed by atoms with Crippen LogP contribution in [0.2, 0.25) is 0 Å². The van der Waals surface area contributed by atoms with Crippen LogP contribution < -0.4 is 0 Å². The lowest BCUT2D eigenvalue weighted by Crippen LogP contribution is -2.49. The van der Waals surface area contributed by atoms with E-state index >= 15 is 0 Å². The number of furan rings is 1. The fraction of sp³-hybridized carbons (Fsp3) is 0.684. The topological polar surface area (TPSA) is 53.8 Å². The number of amides is 1. The smallest absolute Gasteiger partial charge is 0.222 e. The molecule has 132 valence electrons. The van der Waals surface area contributed by atoms with Crippen molar-refractivity contribution in [2.75, 3.05) is 32.7 Å².